The Morgan fingerprint density at radius 3 is 3.00 bits per heavy atom. The molecule has 0 radical (unpaired) electrons. The lowest BCUT2D eigenvalue weighted by Crippen LogP contribution is -2.32. The molecule has 0 amide bonds. The topological polar surface area (TPSA) is 63.3 Å². The smallest absolute Gasteiger partial charge is 0.321 e. The van der Waals surface area contributed by atoms with Gasteiger partial charge in [-0.15, -0.1) is 0 Å². The number of carboxylic acids is 1. The van der Waals surface area contributed by atoms with Crippen LogP contribution in [0.3, 0.4) is 0 Å². The Morgan fingerprint density at radius 1 is 2.00 bits per heavy atom. The van der Waals surface area contributed by atoms with Crippen LogP contribution in [-0.2, 0) is 4.79 Å². The summed E-state index contributed by atoms with van der Waals surface area (Å²) in [6.07, 6.45) is 1.23. The van der Waals surface area contributed by atoms with Gasteiger partial charge in [0.15, 0.2) is 0 Å². The number of carboxylic acid groups (broad SMARTS) is 1. The highest BCUT2D eigenvalue weighted by Gasteiger charge is 2.25. The van der Waals surface area contributed by atoms with Crippen LogP contribution >= 0.6 is 11.8 Å². The first kappa shape index (κ1) is 7.95. The van der Waals surface area contributed by atoms with E-state index in [0.717, 1.165) is 0 Å². The first-order valence-electron chi connectivity index (χ1n) is 3.30. The van der Waals surface area contributed by atoms with Gasteiger partial charge in [0.25, 0.3) is 0 Å². The molecular weight excluding hydrogens is 149 g/mol. The molecule has 10 heavy (non-hydrogen) atoms. The normalized spacial score (nSPS) is 25.1. The fourth-order valence-electron chi connectivity index (χ4n) is 0.546. The van der Waals surface area contributed by atoms with Gasteiger partial charge < -0.3 is 10.8 Å². The Hall–Kier alpha value is -0.155. The number of rotatable bonds is 4. The third-order valence-corrected chi connectivity index (χ3v) is 2.85. The van der Waals surface area contributed by atoms with Crippen LogP contribution in [0.4, 0.5) is 0 Å². The monoisotopic (exact) mass is 159 g/mol. The second-order valence-corrected chi connectivity index (χ2v) is 3.81. The van der Waals surface area contributed by atoms with Crippen LogP contribution in [0.25, 0.3) is 0 Å². The Kier molecular flexibility index (Phi) is 2.62. The highest BCUT2D eigenvalue weighted by molar-refractivity contribution is 8.02. The van der Waals surface area contributed by atoms with Gasteiger partial charge in [0, 0.05) is 5.75 Å². The Balaban J connectivity index is 2.05. The van der Waals surface area contributed by atoms with Crippen molar-refractivity contribution < 1.29 is 9.90 Å². The molecular formula is C5H10BNO2S. The van der Waals surface area contributed by atoms with Gasteiger partial charge in [-0.25, -0.2) is 0 Å². The number of aliphatic carboxylic acids is 1. The highest BCUT2D eigenvalue weighted by atomic mass is 32.2. The van der Waals surface area contributed by atoms with E-state index in [1.165, 1.54) is 13.6 Å². The Labute approximate surface area is 64.6 Å². The maximum absolute atomic E-state index is 10.2. The van der Waals surface area contributed by atoms with Crippen molar-refractivity contribution in [3.8, 4) is 0 Å². The van der Waals surface area contributed by atoms with E-state index in [4.69, 9.17) is 10.8 Å². The molecule has 5 heteroatoms. The van der Waals surface area contributed by atoms with Crippen molar-refractivity contribution in [1.82, 2.24) is 0 Å². The predicted molar refractivity (Wildman–Crippen MR) is 43.8 cm³/mol. The summed E-state index contributed by atoms with van der Waals surface area (Å²) < 4.78 is 0. The standard InChI is InChI=1S/C5H10BNO2S/c7-3(5(8)9)2-10-4-1-6-4/h3-4,6H,1-2,7H2,(H,8,9)/t3-,4?/m0/s1. The fourth-order valence-corrected chi connectivity index (χ4v) is 1.64. The number of carbonyl (C=O) groups is 1. The van der Waals surface area contributed by atoms with Gasteiger partial charge in [0.2, 0.25) is 0 Å². The number of thioether (sulfide) groups is 1. The minimum absolute atomic E-state index is 0.556. The van der Waals surface area contributed by atoms with E-state index in [0.29, 0.717) is 10.9 Å². The third kappa shape index (κ3) is 2.62. The molecule has 0 saturated carbocycles. The summed E-state index contributed by atoms with van der Waals surface area (Å²) in [6.45, 7) is 0. The SMILES string of the molecule is N[C@@H](CSC1BC1)C(=O)O. The van der Waals surface area contributed by atoms with Crippen LogP contribution in [0.15, 0.2) is 0 Å². The zero-order valence-electron chi connectivity index (χ0n) is 5.62. The first-order valence-corrected chi connectivity index (χ1v) is 4.35. The van der Waals surface area contributed by atoms with Gasteiger partial charge in [-0.3, -0.25) is 4.79 Å². The minimum atomic E-state index is -0.895. The molecule has 0 aromatic carbocycles. The molecule has 56 valence electrons. The van der Waals surface area contributed by atoms with Gasteiger partial charge in [-0.05, 0) is 5.15 Å². The quantitative estimate of drug-likeness (QED) is 0.533. The van der Waals surface area contributed by atoms with Gasteiger partial charge >= 0.3 is 5.97 Å². The maximum Gasteiger partial charge on any atom is 0.321 e. The highest BCUT2D eigenvalue weighted by Crippen LogP contribution is 2.26. The van der Waals surface area contributed by atoms with Gasteiger partial charge in [-0.1, -0.05) is 6.32 Å². The number of hydrogen-bond acceptors (Lipinski definition) is 3. The van der Waals surface area contributed by atoms with Crippen LogP contribution in [0.1, 0.15) is 0 Å². The van der Waals surface area contributed by atoms with Crippen molar-refractivity contribution in [3.63, 3.8) is 0 Å². The van der Waals surface area contributed by atoms with E-state index in [1.54, 1.807) is 11.8 Å². The van der Waals surface area contributed by atoms with Crippen molar-refractivity contribution in [2.45, 2.75) is 17.5 Å². The van der Waals surface area contributed by atoms with Crippen molar-refractivity contribution in [3.05, 3.63) is 0 Å². The maximum atomic E-state index is 10.2. The number of nitrogens with two attached hydrogens (primary N) is 1. The summed E-state index contributed by atoms with van der Waals surface area (Å²) in [5.41, 5.74) is 5.27. The summed E-state index contributed by atoms with van der Waals surface area (Å²) in [5.74, 6) is -0.340. The molecule has 0 spiro atoms. The van der Waals surface area contributed by atoms with Crippen LogP contribution in [-0.4, -0.2) is 35.3 Å². The predicted octanol–water partition coefficient (Wildman–Crippen LogP) is -0.674. The lowest BCUT2D eigenvalue weighted by atomic mass is 10.1. The number of hydrogen-bond donors (Lipinski definition) is 2. The van der Waals surface area contributed by atoms with E-state index in [2.05, 4.69) is 0 Å². The molecule has 1 heterocycles. The Bertz CT molecular complexity index is 140. The van der Waals surface area contributed by atoms with E-state index in [1.807, 2.05) is 0 Å². The van der Waals surface area contributed by atoms with E-state index >= 15 is 0 Å². The Morgan fingerprint density at radius 2 is 2.60 bits per heavy atom. The van der Waals surface area contributed by atoms with Gasteiger partial charge in [0.1, 0.15) is 13.3 Å². The fraction of sp³-hybridized carbons (Fsp3) is 0.800. The lowest BCUT2D eigenvalue weighted by molar-refractivity contribution is -0.137. The first-order chi connectivity index (χ1) is 4.70. The zero-order chi connectivity index (χ0) is 7.56. The molecule has 2 atom stereocenters. The third-order valence-electron chi connectivity index (χ3n) is 1.35. The summed E-state index contributed by atoms with van der Waals surface area (Å²) in [5, 5.41) is 9.08. The molecule has 0 bridgehead atoms. The second kappa shape index (κ2) is 3.30. The zero-order valence-corrected chi connectivity index (χ0v) is 6.43. The summed E-state index contributed by atoms with van der Waals surface area (Å²) >= 11 is 1.67. The summed E-state index contributed by atoms with van der Waals surface area (Å²) in [6, 6.07) is -0.675. The molecule has 0 aliphatic carbocycles. The molecule has 1 saturated heterocycles. The average molecular weight is 159 g/mol. The van der Waals surface area contributed by atoms with Crippen molar-refractivity contribution >= 4 is 25.0 Å². The molecule has 3 nitrogen and oxygen atoms in total. The molecule has 0 aromatic rings. The second-order valence-electron chi connectivity index (χ2n) is 2.48. The molecule has 1 rings (SSSR count). The van der Waals surface area contributed by atoms with E-state index in [9.17, 15) is 4.79 Å². The lowest BCUT2D eigenvalue weighted by Gasteiger charge is -2.03. The van der Waals surface area contributed by atoms with Crippen LogP contribution in [0, 0.1) is 0 Å². The summed E-state index contributed by atoms with van der Waals surface area (Å²) in [4.78, 5) is 10.2. The van der Waals surface area contributed by atoms with Gasteiger partial charge in [-0.2, -0.15) is 11.8 Å². The van der Waals surface area contributed by atoms with Crippen LogP contribution in [0.5, 0.6) is 0 Å². The molecule has 1 fully saturated rings. The van der Waals surface area contributed by atoms with E-state index < -0.39 is 12.0 Å². The average Bonchev–Trinajstić information content (AvgIpc) is 2.64. The van der Waals surface area contributed by atoms with Crippen molar-refractivity contribution in [2.75, 3.05) is 5.75 Å². The van der Waals surface area contributed by atoms with Gasteiger partial charge in [0.05, 0.1) is 0 Å². The molecule has 1 aliphatic heterocycles. The largest absolute Gasteiger partial charge is 0.480 e. The van der Waals surface area contributed by atoms with Crippen LogP contribution in [0.2, 0.25) is 6.32 Å². The molecule has 1 aliphatic rings. The van der Waals surface area contributed by atoms with Crippen molar-refractivity contribution in [2.24, 2.45) is 5.73 Å². The molecule has 0 aromatic heterocycles. The molecule has 3 N–H and O–H groups in total. The van der Waals surface area contributed by atoms with Crippen LogP contribution < -0.4 is 5.73 Å². The molecule has 1 unspecified atom stereocenters. The van der Waals surface area contributed by atoms with E-state index in [-0.39, 0.29) is 0 Å². The summed E-state index contributed by atoms with van der Waals surface area (Å²) in [7, 11) is 1.23. The minimum Gasteiger partial charge on any atom is -0.480 e. The van der Waals surface area contributed by atoms with Crippen molar-refractivity contribution in [1.29, 1.82) is 0 Å².